The number of nitrogens with one attached hydrogen (secondary N) is 1. The van der Waals surface area contributed by atoms with Gasteiger partial charge in [-0.25, -0.2) is 4.79 Å². The number of amides is 3. The number of nitrogens with zero attached hydrogens (tertiary/aromatic N) is 3. The van der Waals surface area contributed by atoms with Gasteiger partial charge in [0.25, 0.3) is 0 Å². The minimum Gasteiger partial charge on any atom is -0.341 e. The molecule has 0 bridgehead atoms. The van der Waals surface area contributed by atoms with Gasteiger partial charge < -0.3 is 15.1 Å². The number of urea groups is 1. The topological polar surface area (TPSA) is 55.9 Å². The molecule has 0 aliphatic carbocycles. The number of piperazine rings is 1. The van der Waals surface area contributed by atoms with E-state index in [-0.39, 0.29) is 5.91 Å². The maximum absolute atomic E-state index is 12.5. The van der Waals surface area contributed by atoms with Crippen LogP contribution in [0.3, 0.4) is 0 Å². The molecule has 2 rings (SSSR count). The first-order chi connectivity index (χ1) is 11.6. The summed E-state index contributed by atoms with van der Waals surface area (Å²) in [5.41, 5.74) is 0. The molecule has 2 atom stereocenters. The molecule has 0 saturated carbocycles. The number of piperidine rings is 1. The van der Waals surface area contributed by atoms with Crippen molar-refractivity contribution in [1.29, 1.82) is 0 Å². The maximum atomic E-state index is 12.5. The first kappa shape index (κ1) is 19.8. The van der Waals surface area contributed by atoms with Crippen LogP contribution >= 0.6 is 0 Å². The van der Waals surface area contributed by atoms with Crippen LogP contribution in [0.15, 0.2) is 0 Å². The van der Waals surface area contributed by atoms with Gasteiger partial charge in [-0.2, -0.15) is 13.2 Å². The van der Waals surface area contributed by atoms with Gasteiger partial charge in [0.15, 0.2) is 0 Å². The lowest BCUT2D eigenvalue weighted by molar-refractivity contribution is -0.135. The molecule has 0 radical (unpaired) electrons. The Morgan fingerprint density at radius 2 is 1.56 bits per heavy atom. The molecule has 1 N–H and O–H groups in total. The molecular formula is C16H27F3N4O2. The Labute approximate surface area is 146 Å². The summed E-state index contributed by atoms with van der Waals surface area (Å²) in [5.74, 6) is 1.09. The lowest BCUT2D eigenvalue weighted by Crippen LogP contribution is -2.55. The first-order valence-electron chi connectivity index (χ1n) is 8.73. The third-order valence-corrected chi connectivity index (χ3v) is 4.68. The third kappa shape index (κ3) is 6.37. The van der Waals surface area contributed by atoms with Crippen molar-refractivity contribution in [2.45, 2.75) is 26.4 Å². The summed E-state index contributed by atoms with van der Waals surface area (Å²) < 4.78 is 36.4. The van der Waals surface area contributed by atoms with Crippen molar-refractivity contribution in [2.75, 3.05) is 52.4 Å². The van der Waals surface area contributed by atoms with Gasteiger partial charge in [0, 0.05) is 39.3 Å². The van der Waals surface area contributed by atoms with Crippen molar-refractivity contribution in [3.8, 4) is 0 Å². The number of alkyl halides is 3. The van der Waals surface area contributed by atoms with Gasteiger partial charge in [-0.05, 0) is 18.3 Å². The van der Waals surface area contributed by atoms with Crippen molar-refractivity contribution in [1.82, 2.24) is 20.0 Å². The molecule has 25 heavy (non-hydrogen) atoms. The van der Waals surface area contributed by atoms with Gasteiger partial charge in [0.05, 0.1) is 6.54 Å². The van der Waals surface area contributed by atoms with Crippen LogP contribution in [-0.2, 0) is 4.79 Å². The predicted molar refractivity (Wildman–Crippen MR) is 87.0 cm³/mol. The van der Waals surface area contributed by atoms with Gasteiger partial charge in [0.1, 0.15) is 6.54 Å². The Morgan fingerprint density at radius 3 is 2.08 bits per heavy atom. The van der Waals surface area contributed by atoms with E-state index >= 15 is 0 Å². The molecule has 2 fully saturated rings. The van der Waals surface area contributed by atoms with Crippen LogP contribution in [0, 0.1) is 11.8 Å². The average Bonchev–Trinajstić information content (AvgIpc) is 2.51. The molecule has 0 aromatic carbocycles. The molecule has 0 spiro atoms. The molecule has 2 unspecified atom stereocenters. The second-order valence-corrected chi connectivity index (χ2v) is 7.28. The molecule has 9 heteroatoms. The molecule has 2 aliphatic heterocycles. The number of hydrogen-bond acceptors (Lipinski definition) is 3. The van der Waals surface area contributed by atoms with Crippen molar-refractivity contribution < 1.29 is 22.8 Å². The van der Waals surface area contributed by atoms with Crippen molar-refractivity contribution in [3.05, 3.63) is 0 Å². The largest absolute Gasteiger partial charge is 0.405 e. The number of carbonyl (C=O) groups is 2. The van der Waals surface area contributed by atoms with Gasteiger partial charge in [-0.15, -0.1) is 0 Å². The number of hydrogen-bond donors (Lipinski definition) is 1. The van der Waals surface area contributed by atoms with Gasteiger partial charge in [-0.3, -0.25) is 9.69 Å². The van der Waals surface area contributed by atoms with Crippen LogP contribution in [0.25, 0.3) is 0 Å². The Balaban J connectivity index is 1.73. The Morgan fingerprint density at radius 1 is 1.00 bits per heavy atom. The van der Waals surface area contributed by atoms with E-state index in [4.69, 9.17) is 0 Å². The number of carbonyl (C=O) groups excluding carboxylic acids is 2. The van der Waals surface area contributed by atoms with Crippen LogP contribution in [0.1, 0.15) is 20.3 Å². The molecule has 144 valence electrons. The normalized spacial score (nSPS) is 25.8. The van der Waals surface area contributed by atoms with Crippen LogP contribution in [-0.4, -0.2) is 85.2 Å². The minimum atomic E-state index is -4.41. The van der Waals surface area contributed by atoms with E-state index in [0.717, 1.165) is 19.5 Å². The summed E-state index contributed by atoms with van der Waals surface area (Å²) >= 11 is 0. The van der Waals surface area contributed by atoms with Gasteiger partial charge >= 0.3 is 12.2 Å². The van der Waals surface area contributed by atoms with E-state index < -0.39 is 18.8 Å². The van der Waals surface area contributed by atoms with Crippen LogP contribution < -0.4 is 5.32 Å². The number of halogens is 3. The Kier molecular flexibility index (Phi) is 6.53. The zero-order valence-electron chi connectivity index (χ0n) is 14.8. The average molecular weight is 364 g/mol. The smallest absolute Gasteiger partial charge is 0.341 e. The van der Waals surface area contributed by atoms with Crippen molar-refractivity contribution in [2.24, 2.45) is 11.8 Å². The van der Waals surface area contributed by atoms with Gasteiger partial charge in [0.2, 0.25) is 5.91 Å². The highest BCUT2D eigenvalue weighted by atomic mass is 19.4. The molecule has 2 saturated heterocycles. The molecule has 3 amide bonds. The molecule has 6 nitrogen and oxygen atoms in total. The fraction of sp³-hybridized carbons (Fsp3) is 0.875. The molecule has 2 heterocycles. The number of likely N-dealkylation sites (tertiary alicyclic amines) is 1. The quantitative estimate of drug-likeness (QED) is 0.823. The highest BCUT2D eigenvalue weighted by Gasteiger charge is 2.31. The van der Waals surface area contributed by atoms with Crippen LogP contribution in [0.5, 0.6) is 0 Å². The molecule has 2 aliphatic rings. The van der Waals surface area contributed by atoms with E-state index in [9.17, 15) is 22.8 Å². The highest BCUT2D eigenvalue weighted by molar-refractivity contribution is 5.78. The summed E-state index contributed by atoms with van der Waals surface area (Å²) in [7, 11) is 0. The number of rotatable bonds is 3. The first-order valence-corrected chi connectivity index (χ1v) is 8.73. The Hall–Kier alpha value is -1.51. The summed E-state index contributed by atoms with van der Waals surface area (Å²) in [6.07, 6.45) is -3.28. The maximum Gasteiger partial charge on any atom is 0.405 e. The molecule has 0 aromatic rings. The third-order valence-electron chi connectivity index (χ3n) is 4.68. The standard InChI is InChI=1S/C16H27F3N4O2/c1-12-7-13(2)9-23(8-12)14(24)10-21-3-5-22(6-4-21)15(25)20-11-16(17,18)19/h12-13H,3-11H2,1-2H3,(H,20,25). The zero-order valence-corrected chi connectivity index (χ0v) is 14.8. The van der Waals surface area contributed by atoms with E-state index in [1.807, 2.05) is 15.1 Å². The van der Waals surface area contributed by atoms with Crippen molar-refractivity contribution >= 4 is 11.9 Å². The summed E-state index contributed by atoms with van der Waals surface area (Å²) in [4.78, 5) is 29.4. The summed E-state index contributed by atoms with van der Waals surface area (Å²) in [5, 5.41) is 1.88. The highest BCUT2D eigenvalue weighted by Crippen LogP contribution is 2.21. The monoisotopic (exact) mass is 364 g/mol. The predicted octanol–water partition coefficient (Wildman–Crippen LogP) is 1.38. The second kappa shape index (κ2) is 8.25. The van der Waals surface area contributed by atoms with Crippen LogP contribution in [0.2, 0.25) is 0 Å². The Bertz CT molecular complexity index is 468. The fourth-order valence-corrected chi connectivity index (χ4v) is 3.55. The van der Waals surface area contributed by atoms with E-state index in [2.05, 4.69) is 13.8 Å². The van der Waals surface area contributed by atoms with E-state index in [0.29, 0.717) is 44.6 Å². The van der Waals surface area contributed by atoms with Gasteiger partial charge in [-0.1, -0.05) is 13.8 Å². The lowest BCUT2D eigenvalue weighted by Gasteiger charge is -2.38. The van der Waals surface area contributed by atoms with E-state index in [1.165, 1.54) is 4.90 Å². The summed E-state index contributed by atoms with van der Waals surface area (Å²) in [6.45, 7) is 6.46. The van der Waals surface area contributed by atoms with Crippen molar-refractivity contribution in [3.63, 3.8) is 0 Å². The SMILES string of the molecule is CC1CC(C)CN(C(=O)CN2CCN(C(=O)NCC(F)(F)F)CC2)C1. The second-order valence-electron chi connectivity index (χ2n) is 7.28. The lowest BCUT2D eigenvalue weighted by atomic mass is 9.92. The zero-order chi connectivity index (χ0) is 18.6. The minimum absolute atomic E-state index is 0.0911. The summed E-state index contributed by atoms with van der Waals surface area (Å²) in [6, 6.07) is -0.706. The molecular weight excluding hydrogens is 337 g/mol. The molecule has 0 aromatic heterocycles. The van der Waals surface area contributed by atoms with Crippen LogP contribution in [0.4, 0.5) is 18.0 Å². The van der Waals surface area contributed by atoms with E-state index in [1.54, 1.807) is 0 Å². The fourth-order valence-electron chi connectivity index (χ4n) is 3.55.